The number of aryl methyl sites for hydroxylation is 2. The van der Waals surface area contributed by atoms with Crippen molar-refractivity contribution in [2.24, 2.45) is 0 Å². The molecule has 0 fully saturated rings. The van der Waals surface area contributed by atoms with Crippen molar-refractivity contribution in [2.75, 3.05) is 0 Å². The first-order valence-electron chi connectivity index (χ1n) is 5.28. The number of rotatable bonds is 4. The zero-order valence-electron chi connectivity index (χ0n) is 10.1. The van der Waals surface area contributed by atoms with Crippen LogP contribution in [0.15, 0.2) is 23.1 Å². The number of hydrogen-bond donors (Lipinski definition) is 1. The molecule has 1 N–H and O–H groups in total. The Bertz CT molecular complexity index is 531. The predicted molar refractivity (Wildman–Crippen MR) is 64.8 cm³/mol. The summed E-state index contributed by atoms with van der Waals surface area (Å²) >= 11 is 0. The van der Waals surface area contributed by atoms with Gasteiger partial charge in [-0.2, -0.15) is 0 Å². The van der Waals surface area contributed by atoms with Crippen molar-refractivity contribution >= 4 is 15.8 Å². The van der Waals surface area contributed by atoms with Crippen LogP contribution in [0.1, 0.15) is 24.5 Å². The highest BCUT2D eigenvalue weighted by Gasteiger charge is 2.26. The average Bonchev–Trinajstić information content (AvgIpc) is 2.15. The summed E-state index contributed by atoms with van der Waals surface area (Å²) in [4.78, 5) is 10.8. The molecule has 1 atom stereocenters. The topological polar surface area (TPSA) is 71.4 Å². The van der Waals surface area contributed by atoms with Gasteiger partial charge in [-0.25, -0.2) is 8.42 Å². The van der Waals surface area contributed by atoms with E-state index in [0.29, 0.717) is 5.56 Å². The van der Waals surface area contributed by atoms with Crippen LogP contribution in [-0.2, 0) is 14.6 Å². The number of aliphatic carboxylic acids is 1. The predicted octanol–water partition coefficient (Wildman–Crippen LogP) is 1.94. The Kier molecular flexibility index (Phi) is 3.93. The zero-order valence-corrected chi connectivity index (χ0v) is 10.9. The molecule has 0 heterocycles. The van der Waals surface area contributed by atoms with E-state index in [1.54, 1.807) is 25.1 Å². The van der Waals surface area contributed by atoms with Gasteiger partial charge in [-0.15, -0.1) is 0 Å². The van der Waals surface area contributed by atoms with Crippen molar-refractivity contribution in [2.45, 2.75) is 37.3 Å². The van der Waals surface area contributed by atoms with Gasteiger partial charge in [0.15, 0.2) is 9.84 Å². The van der Waals surface area contributed by atoms with Crippen molar-refractivity contribution in [3.05, 3.63) is 29.3 Å². The summed E-state index contributed by atoms with van der Waals surface area (Å²) in [5, 5.41) is 7.73. The van der Waals surface area contributed by atoms with E-state index in [4.69, 9.17) is 5.11 Å². The van der Waals surface area contributed by atoms with Gasteiger partial charge < -0.3 is 5.11 Å². The molecule has 0 aromatic heterocycles. The van der Waals surface area contributed by atoms with Gasteiger partial charge in [0, 0.05) is 0 Å². The third-order valence-electron chi connectivity index (χ3n) is 2.63. The maximum atomic E-state index is 12.1. The molecule has 0 spiro atoms. The molecule has 1 aromatic carbocycles. The molecule has 0 amide bonds. The summed E-state index contributed by atoms with van der Waals surface area (Å²) in [6, 6.07) is 5.03. The molecule has 94 valence electrons. The Hall–Kier alpha value is -1.36. The molecule has 17 heavy (non-hydrogen) atoms. The minimum Gasteiger partial charge on any atom is -0.481 e. The monoisotopic (exact) mass is 256 g/mol. The zero-order chi connectivity index (χ0) is 13.2. The molecule has 0 aliphatic carbocycles. The van der Waals surface area contributed by atoms with E-state index in [2.05, 4.69) is 0 Å². The Morgan fingerprint density at radius 2 is 1.94 bits per heavy atom. The second kappa shape index (κ2) is 4.87. The molecule has 0 radical (unpaired) electrons. The highest BCUT2D eigenvalue weighted by molar-refractivity contribution is 7.92. The molecule has 0 aliphatic heterocycles. The summed E-state index contributed by atoms with van der Waals surface area (Å²) in [5.74, 6) is -1.11. The Balaban J connectivity index is 3.17. The van der Waals surface area contributed by atoms with Crippen molar-refractivity contribution in [1.29, 1.82) is 0 Å². The normalized spacial score (nSPS) is 13.4. The molecule has 0 bridgehead atoms. The Morgan fingerprint density at radius 1 is 1.35 bits per heavy atom. The van der Waals surface area contributed by atoms with Crippen LogP contribution in [0.2, 0.25) is 0 Å². The Labute approximate surface area is 101 Å². The fourth-order valence-electron chi connectivity index (χ4n) is 1.69. The minimum atomic E-state index is -3.56. The summed E-state index contributed by atoms with van der Waals surface area (Å²) in [6.07, 6.45) is -0.379. The van der Waals surface area contributed by atoms with Crippen LogP contribution in [0.25, 0.3) is 0 Å². The lowest BCUT2D eigenvalue weighted by molar-refractivity contribution is -0.136. The van der Waals surface area contributed by atoms with Crippen LogP contribution >= 0.6 is 0 Å². The number of sulfone groups is 1. The van der Waals surface area contributed by atoms with E-state index < -0.39 is 21.1 Å². The average molecular weight is 256 g/mol. The molecule has 0 saturated carbocycles. The molecule has 1 unspecified atom stereocenters. The minimum absolute atomic E-state index is 0.219. The van der Waals surface area contributed by atoms with Gasteiger partial charge >= 0.3 is 5.97 Å². The highest BCUT2D eigenvalue weighted by atomic mass is 32.2. The van der Waals surface area contributed by atoms with E-state index in [0.717, 1.165) is 5.56 Å². The number of carboxylic acids is 1. The second-order valence-electron chi connectivity index (χ2n) is 4.22. The van der Waals surface area contributed by atoms with Crippen LogP contribution < -0.4 is 0 Å². The van der Waals surface area contributed by atoms with E-state index >= 15 is 0 Å². The first kappa shape index (κ1) is 13.7. The smallest absolute Gasteiger partial charge is 0.304 e. The fourth-order valence-corrected chi connectivity index (χ4v) is 3.25. The van der Waals surface area contributed by atoms with Crippen molar-refractivity contribution in [1.82, 2.24) is 0 Å². The third-order valence-corrected chi connectivity index (χ3v) is 4.93. The standard InChI is InChI=1S/C12H16O4S/c1-8-4-5-11(9(2)6-8)17(15,16)10(3)7-12(13)14/h4-6,10H,7H2,1-3H3,(H,13,14). The van der Waals surface area contributed by atoms with Crippen LogP contribution in [0.4, 0.5) is 0 Å². The van der Waals surface area contributed by atoms with E-state index in [9.17, 15) is 13.2 Å². The first-order chi connectivity index (χ1) is 7.75. The van der Waals surface area contributed by atoms with Gasteiger partial charge in [0.25, 0.3) is 0 Å². The molecule has 5 heteroatoms. The number of carbonyl (C=O) groups is 1. The molecule has 0 aliphatic rings. The lowest BCUT2D eigenvalue weighted by atomic mass is 10.2. The van der Waals surface area contributed by atoms with Gasteiger partial charge in [-0.3, -0.25) is 4.79 Å². The number of benzene rings is 1. The lowest BCUT2D eigenvalue weighted by Gasteiger charge is -2.13. The second-order valence-corrected chi connectivity index (χ2v) is 6.56. The van der Waals surface area contributed by atoms with Crippen LogP contribution in [0, 0.1) is 13.8 Å². The molecular formula is C12H16O4S. The quantitative estimate of drug-likeness (QED) is 0.893. The van der Waals surface area contributed by atoms with Crippen molar-refractivity contribution in [3.63, 3.8) is 0 Å². The maximum absolute atomic E-state index is 12.1. The number of carboxylic acid groups (broad SMARTS) is 1. The van der Waals surface area contributed by atoms with Gasteiger partial charge in [-0.1, -0.05) is 17.7 Å². The Morgan fingerprint density at radius 3 is 2.41 bits per heavy atom. The molecule has 1 rings (SSSR count). The summed E-state index contributed by atoms with van der Waals surface area (Å²) in [6.45, 7) is 5.01. The van der Waals surface area contributed by atoms with Gasteiger partial charge in [0.05, 0.1) is 16.6 Å². The lowest BCUT2D eigenvalue weighted by Crippen LogP contribution is -2.22. The fraction of sp³-hybridized carbons (Fsp3) is 0.417. The van der Waals surface area contributed by atoms with Crippen molar-refractivity contribution < 1.29 is 18.3 Å². The molecule has 4 nitrogen and oxygen atoms in total. The van der Waals surface area contributed by atoms with Gasteiger partial charge in [0.1, 0.15) is 0 Å². The highest BCUT2D eigenvalue weighted by Crippen LogP contribution is 2.22. The van der Waals surface area contributed by atoms with E-state index in [1.165, 1.54) is 6.92 Å². The summed E-state index contributed by atoms with van der Waals surface area (Å²) in [7, 11) is -3.56. The van der Waals surface area contributed by atoms with Crippen LogP contribution in [0.5, 0.6) is 0 Å². The van der Waals surface area contributed by atoms with Gasteiger partial charge in [-0.05, 0) is 32.4 Å². The largest absolute Gasteiger partial charge is 0.481 e. The molecule has 1 aromatic rings. The van der Waals surface area contributed by atoms with E-state index in [1.807, 2.05) is 6.92 Å². The van der Waals surface area contributed by atoms with E-state index in [-0.39, 0.29) is 11.3 Å². The summed E-state index contributed by atoms with van der Waals surface area (Å²) < 4.78 is 24.3. The molecular weight excluding hydrogens is 240 g/mol. The SMILES string of the molecule is Cc1ccc(S(=O)(=O)C(C)CC(=O)O)c(C)c1. The van der Waals surface area contributed by atoms with Gasteiger partial charge in [0.2, 0.25) is 0 Å². The number of hydrogen-bond acceptors (Lipinski definition) is 3. The maximum Gasteiger partial charge on any atom is 0.304 e. The van der Waals surface area contributed by atoms with Crippen LogP contribution in [-0.4, -0.2) is 24.7 Å². The van der Waals surface area contributed by atoms with Crippen molar-refractivity contribution in [3.8, 4) is 0 Å². The molecule has 0 saturated heterocycles. The first-order valence-corrected chi connectivity index (χ1v) is 6.82. The third kappa shape index (κ3) is 3.06. The van der Waals surface area contributed by atoms with Crippen LogP contribution in [0.3, 0.4) is 0 Å². The summed E-state index contributed by atoms with van der Waals surface area (Å²) in [5.41, 5.74) is 1.63.